The Morgan fingerprint density at radius 2 is 1.80 bits per heavy atom. The number of rotatable bonds is 6. The number of ether oxygens (including phenoxy) is 1. The first kappa shape index (κ1) is 21.0. The number of carbonyl (C=O) groups excluding carboxylic acids is 1. The minimum Gasteiger partial charge on any atom is -0.494 e. The van der Waals surface area contributed by atoms with Crippen LogP contribution in [-0.4, -0.2) is 23.5 Å². The molecule has 0 fully saturated rings. The number of hydrogen-bond donors (Lipinski definition) is 2. The Morgan fingerprint density at radius 1 is 1.07 bits per heavy atom. The predicted molar refractivity (Wildman–Crippen MR) is 120 cm³/mol. The van der Waals surface area contributed by atoms with Crippen molar-refractivity contribution in [1.29, 1.82) is 0 Å². The summed E-state index contributed by atoms with van der Waals surface area (Å²) < 4.78 is 5.44. The van der Waals surface area contributed by atoms with E-state index in [1.165, 1.54) is 0 Å². The predicted octanol–water partition coefficient (Wildman–Crippen LogP) is 4.50. The maximum Gasteiger partial charge on any atom is 0.257 e. The molecule has 0 aliphatic rings. The number of benzene rings is 2. The van der Waals surface area contributed by atoms with Gasteiger partial charge in [0.1, 0.15) is 5.75 Å². The van der Waals surface area contributed by atoms with Crippen LogP contribution in [0.5, 0.6) is 5.75 Å². The third-order valence-corrected chi connectivity index (χ3v) is 4.29. The van der Waals surface area contributed by atoms with Crippen molar-refractivity contribution >= 4 is 17.6 Å². The number of aliphatic imine (C=N–C) groups is 1. The second kappa shape index (κ2) is 10.2. The molecule has 0 saturated carbocycles. The second-order valence-corrected chi connectivity index (χ2v) is 6.94. The van der Waals surface area contributed by atoms with Gasteiger partial charge in [0.2, 0.25) is 5.96 Å². The first-order valence-corrected chi connectivity index (χ1v) is 9.86. The van der Waals surface area contributed by atoms with Gasteiger partial charge in [-0.3, -0.25) is 15.1 Å². The minimum absolute atomic E-state index is 0.250. The Labute approximate surface area is 177 Å². The molecule has 0 spiro atoms. The summed E-state index contributed by atoms with van der Waals surface area (Å²) in [6, 6.07) is 16.9. The second-order valence-electron chi connectivity index (χ2n) is 6.94. The molecular weight excluding hydrogens is 376 g/mol. The lowest BCUT2D eigenvalue weighted by atomic mass is 10.1. The van der Waals surface area contributed by atoms with Crippen LogP contribution in [0.4, 0.5) is 5.69 Å². The number of pyridine rings is 1. The van der Waals surface area contributed by atoms with Gasteiger partial charge in [-0.2, -0.15) is 0 Å². The summed E-state index contributed by atoms with van der Waals surface area (Å²) in [4.78, 5) is 21.5. The molecule has 0 unspecified atom stereocenters. The SMILES string of the molecule is CCOc1ccc(C(=O)NC(=NCc2cccnc2)Nc2cc(C)cc(C)c2)cc1. The van der Waals surface area contributed by atoms with Crippen LogP contribution in [0.1, 0.15) is 34.0 Å². The molecule has 2 N–H and O–H groups in total. The summed E-state index contributed by atoms with van der Waals surface area (Å²) in [7, 11) is 0. The molecule has 6 heteroatoms. The molecule has 0 aliphatic carbocycles. The average molecular weight is 402 g/mol. The third kappa shape index (κ3) is 6.17. The molecule has 3 rings (SSSR count). The van der Waals surface area contributed by atoms with Gasteiger partial charge in [0.25, 0.3) is 5.91 Å². The molecule has 0 atom stereocenters. The van der Waals surface area contributed by atoms with Crippen LogP contribution in [0.25, 0.3) is 0 Å². The Hall–Kier alpha value is -3.67. The quantitative estimate of drug-likeness (QED) is 0.470. The molecule has 2 aromatic carbocycles. The monoisotopic (exact) mass is 402 g/mol. The summed E-state index contributed by atoms with van der Waals surface area (Å²) in [6.45, 7) is 6.96. The standard InChI is InChI=1S/C24H26N4O2/c1-4-30-22-9-7-20(8-10-22)23(29)28-24(26-16-19-6-5-11-25-15-19)27-21-13-17(2)12-18(3)14-21/h5-15H,4,16H2,1-3H3,(H2,26,27,28,29). The highest BCUT2D eigenvalue weighted by atomic mass is 16.5. The van der Waals surface area contributed by atoms with Gasteiger partial charge in [0.15, 0.2) is 0 Å². The molecule has 154 valence electrons. The van der Waals surface area contributed by atoms with Crippen molar-refractivity contribution < 1.29 is 9.53 Å². The zero-order valence-electron chi connectivity index (χ0n) is 17.5. The number of amides is 1. The fourth-order valence-electron chi connectivity index (χ4n) is 3.00. The highest BCUT2D eigenvalue weighted by molar-refractivity contribution is 6.10. The molecule has 1 aromatic heterocycles. The number of carbonyl (C=O) groups is 1. The van der Waals surface area contributed by atoms with Crippen molar-refractivity contribution in [2.24, 2.45) is 4.99 Å². The Bertz CT molecular complexity index is 995. The van der Waals surface area contributed by atoms with Gasteiger partial charge in [-0.15, -0.1) is 0 Å². The van der Waals surface area contributed by atoms with Crippen LogP contribution in [-0.2, 0) is 6.54 Å². The van der Waals surface area contributed by atoms with Gasteiger partial charge in [-0.25, -0.2) is 4.99 Å². The van der Waals surface area contributed by atoms with Gasteiger partial charge >= 0.3 is 0 Å². The third-order valence-electron chi connectivity index (χ3n) is 4.29. The van der Waals surface area contributed by atoms with Gasteiger partial charge < -0.3 is 10.1 Å². The van der Waals surface area contributed by atoms with E-state index >= 15 is 0 Å². The molecule has 6 nitrogen and oxygen atoms in total. The fourth-order valence-corrected chi connectivity index (χ4v) is 3.00. The molecule has 0 aliphatic heterocycles. The molecule has 1 amide bonds. The van der Waals surface area contributed by atoms with E-state index in [2.05, 4.69) is 26.7 Å². The van der Waals surface area contributed by atoms with Crippen molar-refractivity contribution in [3.8, 4) is 5.75 Å². The van der Waals surface area contributed by atoms with E-state index in [-0.39, 0.29) is 5.91 Å². The first-order valence-electron chi connectivity index (χ1n) is 9.86. The van der Waals surface area contributed by atoms with Crippen molar-refractivity contribution in [2.45, 2.75) is 27.3 Å². The van der Waals surface area contributed by atoms with Gasteiger partial charge in [-0.05, 0) is 79.9 Å². The van der Waals surface area contributed by atoms with E-state index in [1.807, 2.05) is 45.0 Å². The fraction of sp³-hybridized carbons (Fsp3) is 0.208. The lowest BCUT2D eigenvalue weighted by Gasteiger charge is -2.13. The largest absolute Gasteiger partial charge is 0.494 e. The zero-order chi connectivity index (χ0) is 21.3. The highest BCUT2D eigenvalue weighted by Gasteiger charge is 2.10. The van der Waals surface area contributed by atoms with Gasteiger partial charge in [0, 0.05) is 23.6 Å². The van der Waals surface area contributed by atoms with Crippen molar-refractivity contribution in [1.82, 2.24) is 10.3 Å². The number of guanidine groups is 1. The summed E-state index contributed by atoms with van der Waals surface area (Å²) in [5.74, 6) is 0.857. The summed E-state index contributed by atoms with van der Waals surface area (Å²) in [6.07, 6.45) is 3.47. The van der Waals surface area contributed by atoms with Gasteiger partial charge in [0.05, 0.1) is 13.2 Å². The number of anilines is 1. The average Bonchev–Trinajstić information content (AvgIpc) is 2.73. The smallest absolute Gasteiger partial charge is 0.257 e. The number of nitrogens with one attached hydrogen (secondary N) is 2. The molecule has 0 radical (unpaired) electrons. The van der Waals surface area contributed by atoms with Gasteiger partial charge in [-0.1, -0.05) is 12.1 Å². The molecule has 3 aromatic rings. The van der Waals surface area contributed by atoms with E-state index < -0.39 is 0 Å². The number of aromatic nitrogens is 1. The minimum atomic E-state index is -0.250. The van der Waals surface area contributed by atoms with Crippen LogP contribution in [0.15, 0.2) is 72.0 Å². The number of hydrogen-bond acceptors (Lipinski definition) is 4. The first-order chi connectivity index (χ1) is 14.5. The number of nitrogens with zero attached hydrogens (tertiary/aromatic N) is 2. The van der Waals surface area contributed by atoms with Crippen LogP contribution >= 0.6 is 0 Å². The van der Waals surface area contributed by atoms with Crippen LogP contribution < -0.4 is 15.4 Å². The normalized spacial score (nSPS) is 11.1. The van der Waals surface area contributed by atoms with E-state index in [9.17, 15) is 4.79 Å². The molecule has 1 heterocycles. The van der Waals surface area contributed by atoms with Crippen LogP contribution in [0.3, 0.4) is 0 Å². The summed E-state index contributed by atoms with van der Waals surface area (Å²) >= 11 is 0. The summed E-state index contributed by atoms with van der Waals surface area (Å²) in [5.41, 5.74) is 4.59. The Balaban J connectivity index is 1.79. The molecular formula is C24H26N4O2. The Morgan fingerprint density at radius 3 is 2.43 bits per heavy atom. The molecule has 0 bridgehead atoms. The van der Waals surface area contributed by atoms with Crippen LogP contribution in [0, 0.1) is 13.8 Å². The van der Waals surface area contributed by atoms with Crippen molar-refractivity contribution in [3.63, 3.8) is 0 Å². The maximum atomic E-state index is 12.8. The number of aryl methyl sites for hydroxylation is 2. The van der Waals surface area contributed by atoms with E-state index in [4.69, 9.17) is 4.74 Å². The molecule has 0 saturated heterocycles. The lowest BCUT2D eigenvalue weighted by Crippen LogP contribution is -2.36. The zero-order valence-corrected chi connectivity index (χ0v) is 17.5. The summed E-state index contributed by atoms with van der Waals surface area (Å²) in [5, 5.41) is 6.12. The van der Waals surface area contributed by atoms with E-state index in [1.54, 1.807) is 36.7 Å². The Kier molecular flexibility index (Phi) is 7.16. The van der Waals surface area contributed by atoms with Crippen molar-refractivity contribution in [2.75, 3.05) is 11.9 Å². The maximum absolute atomic E-state index is 12.8. The van der Waals surface area contributed by atoms with E-state index in [0.29, 0.717) is 24.7 Å². The highest BCUT2D eigenvalue weighted by Crippen LogP contribution is 2.15. The molecule has 30 heavy (non-hydrogen) atoms. The van der Waals surface area contributed by atoms with Crippen molar-refractivity contribution in [3.05, 3.63) is 89.2 Å². The topological polar surface area (TPSA) is 75.6 Å². The lowest BCUT2D eigenvalue weighted by molar-refractivity contribution is 0.0977. The van der Waals surface area contributed by atoms with E-state index in [0.717, 1.165) is 28.1 Å². The van der Waals surface area contributed by atoms with Crippen LogP contribution in [0.2, 0.25) is 0 Å².